The minimum absolute atomic E-state index is 0.0477. The van der Waals surface area contributed by atoms with E-state index in [9.17, 15) is 0 Å². The minimum Gasteiger partial charge on any atom is -0.399 e. The fraction of sp³-hybridized carbons (Fsp3) is 0.0476. The fourth-order valence-electron chi connectivity index (χ4n) is 3.65. The number of hydrogen-bond donors (Lipinski definition) is 3. The van der Waals surface area contributed by atoms with Gasteiger partial charge in [0.2, 0.25) is 0 Å². The van der Waals surface area contributed by atoms with E-state index in [0.29, 0.717) is 0 Å². The molecule has 0 fully saturated rings. The third-order valence-electron chi connectivity index (χ3n) is 4.86. The number of nitrogen functional groups attached to an aromatic ring is 1. The van der Waals surface area contributed by atoms with Crippen molar-refractivity contribution in [3.63, 3.8) is 0 Å². The Labute approximate surface area is 149 Å². The quantitative estimate of drug-likeness (QED) is 0.431. The second-order valence-electron chi connectivity index (χ2n) is 6.39. The maximum atomic E-state index is 5.91. The van der Waals surface area contributed by atoms with Crippen LogP contribution in [0.3, 0.4) is 0 Å². The van der Waals surface area contributed by atoms with Crippen LogP contribution in [0.4, 0.5) is 5.69 Å². The zero-order valence-electron chi connectivity index (χ0n) is 14.0. The smallest absolute Gasteiger partial charge is 0.137 e. The Morgan fingerprint density at radius 3 is 1.81 bits per heavy atom. The molecule has 0 bridgehead atoms. The molecule has 0 saturated heterocycles. The largest absolute Gasteiger partial charge is 0.399 e. The highest BCUT2D eigenvalue weighted by atomic mass is 14.8. The summed E-state index contributed by atoms with van der Waals surface area (Å²) >= 11 is 0. The molecule has 0 unspecified atom stereocenters. The van der Waals surface area contributed by atoms with Gasteiger partial charge in [-0.3, -0.25) is 0 Å². The van der Waals surface area contributed by atoms with Gasteiger partial charge >= 0.3 is 0 Å². The van der Waals surface area contributed by atoms with Crippen LogP contribution in [0.1, 0.15) is 22.6 Å². The average Bonchev–Trinajstić information content (AvgIpc) is 3.29. The van der Waals surface area contributed by atoms with E-state index in [1.807, 2.05) is 36.7 Å². The van der Waals surface area contributed by atoms with Crippen molar-refractivity contribution in [1.29, 1.82) is 0 Å². The molecular weight excluding hydrogens is 322 g/mol. The van der Waals surface area contributed by atoms with Gasteiger partial charge in [0.15, 0.2) is 0 Å². The molecule has 1 aromatic carbocycles. The van der Waals surface area contributed by atoms with Crippen molar-refractivity contribution in [2.45, 2.75) is 5.92 Å². The Bertz CT molecular complexity index is 1130. The standard InChI is InChI=1S/C21H17N5/c22-14-7-5-13(6-8-14)19(17-11-25-20-15(17)3-1-9-23-20)18-12-26-21-16(18)4-2-10-24-21/h1-12,19H,22H2,(H,23,25)(H,24,26). The van der Waals surface area contributed by atoms with Crippen LogP contribution in [0.2, 0.25) is 0 Å². The number of rotatable bonds is 3. The number of H-pyrrole nitrogens is 2. The number of nitrogens with one attached hydrogen (secondary N) is 2. The van der Waals surface area contributed by atoms with Gasteiger partial charge in [-0.1, -0.05) is 12.1 Å². The number of pyridine rings is 2. The van der Waals surface area contributed by atoms with Crippen LogP contribution in [0, 0.1) is 0 Å². The van der Waals surface area contributed by atoms with E-state index in [0.717, 1.165) is 27.8 Å². The highest BCUT2D eigenvalue weighted by molar-refractivity contribution is 5.86. The lowest BCUT2D eigenvalue weighted by Crippen LogP contribution is -2.02. The normalized spacial score (nSPS) is 11.6. The number of hydrogen-bond acceptors (Lipinski definition) is 3. The molecule has 126 valence electrons. The Morgan fingerprint density at radius 1 is 0.731 bits per heavy atom. The van der Waals surface area contributed by atoms with Gasteiger partial charge in [-0.25, -0.2) is 9.97 Å². The number of anilines is 1. The van der Waals surface area contributed by atoms with Gasteiger partial charge in [0.25, 0.3) is 0 Å². The van der Waals surface area contributed by atoms with E-state index in [1.165, 1.54) is 16.7 Å². The number of aromatic nitrogens is 4. The summed E-state index contributed by atoms with van der Waals surface area (Å²) in [5.41, 5.74) is 12.0. The van der Waals surface area contributed by atoms with Gasteiger partial charge in [-0.2, -0.15) is 0 Å². The van der Waals surface area contributed by atoms with Crippen LogP contribution in [-0.2, 0) is 0 Å². The predicted molar refractivity (Wildman–Crippen MR) is 104 cm³/mol. The molecule has 26 heavy (non-hydrogen) atoms. The molecule has 4 heterocycles. The second kappa shape index (κ2) is 5.74. The van der Waals surface area contributed by atoms with Crippen LogP contribution in [-0.4, -0.2) is 19.9 Å². The molecule has 0 saturated carbocycles. The first-order valence-electron chi connectivity index (χ1n) is 8.51. The summed E-state index contributed by atoms with van der Waals surface area (Å²) in [6.45, 7) is 0. The molecule has 4 aromatic heterocycles. The van der Waals surface area contributed by atoms with Crippen LogP contribution in [0.25, 0.3) is 22.1 Å². The average molecular weight is 339 g/mol. The molecule has 0 amide bonds. The van der Waals surface area contributed by atoms with Gasteiger partial charge in [0, 0.05) is 47.2 Å². The van der Waals surface area contributed by atoms with E-state index < -0.39 is 0 Å². The maximum Gasteiger partial charge on any atom is 0.137 e. The van der Waals surface area contributed by atoms with Crippen LogP contribution >= 0.6 is 0 Å². The number of fused-ring (bicyclic) bond motifs is 2. The van der Waals surface area contributed by atoms with Gasteiger partial charge in [-0.05, 0) is 53.1 Å². The number of nitrogens with zero attached hydrogens (tertiary/aromatic N) is 2. The lowest BCUT2D eigenvalue weighted by molar-refractivity contribution is 0.998. The lowest BCUT2D eigenvalue weighted by atomic mass is 9.85. The molecule has 5 nitrogen and oxygen atoms in total. The Kier molecular flexibility index (Phi) is 3.25. The van der Waals surface area contributed by atoms with Crippen molar-refractivity contribution < 1.29 is 0 Å². The van der Waals surface area contributed by atoms with Gasteiger partial charge in [0.05, 0.1) is 0 Å². The molecule has 5 heteroatoms. The Morgan fingerprint density at radius 2 is 1.27 bits per heavy atom. The Balaban J connectivity index is 1.79. The van der Waals surface area contributed by atoms with Crippen molar-refractivity contribution >= 4 is 27.8 Å². The predicted octanol–water partition coefficient (Wildman–Crippen LogP) is 4.20. The third kappa shape index (κ3) is 2.25. The van der Waals surface area contributed by atoms with E-state index >= 15 is 0 Å². The highest BCUT2D eigenvalue weighted by Gasteiger charge is 2.23. The SMILES string of the molecule is Nc1ccc(C(c2c[nH]c3ncccc23)c2c[nH]c3ncccc23)cc1. The molecule has 0 atom stereocenters. The van der Waals surface area contributed by atoms with Crippen LogP contribution in [0.5, 0.6) is 0 Å². The van der Waals surface area contributed by atoms with E-state index in [2.05, 4.69) is 44.2 Å². The third-order valence-corrected chi connectivity index (χ3v) is 4.86. The van der Waals surface area contributed by atoms with E-state index in [-0.39, 0.29) is 5.92 Å². The lowest BCUT2D eigenvalue weighted by Gasteiger charge is -2.17. The summed E-state index contributed by atoms with van der Waals surface area (Å²) in [5.74, 6) is 0.0477. The minimum atomic E-state index is 0.0477. The molecular formula is C21H17N5. The van der Waals surface area contributed by atoms with Gasteiger partial charge in [0.1, 0.15) is 11.3 Å². The van der Waals surface area contributed by atoms with Crippen molar-refractivity contribution in [1.82, 2.24) is 19.9 Å². The first kappa shape index (κ1) is 14.7. The molecule has 0 aliphatic carbocycles. The maximum absolute atomic E-state index is 5.91. The van der Waals surface area contributed by atoms with E-state index in [4.69, 9.17) is 5.73 Å². The number of nitrogens with two attached hydrogens (primary N) is 1. The molecule has 0 radical (unpaired) electrons. The van der Waals surface area contributed by atoms with Crippen molar-refractivity contribution in [2.75, 3.05) is 5.73 Å². The summed E-state index contributed by atoms with van der Waals surface area (Å²) in [6.07, 6.45) is 7.70. The molecule has 4 N–H and O–H groups in total. The van der Waals surface area contributed by atoms with Crippen molar-refractivity contribution in [2.24, 2.45) is 0 Å². The summed E-state index contributed by atoms with van der Waals surface area (Å²) in [4.78, 5) is 15.5. The summed E-state index contributed by atoms with van der Waals surface area (Å²) in [7, 11) is 0. The van der Waals surface area contributed by atoms with Crippen LogP contribution in [0.15, 0.2) is 73.3 Å². The first-order chi connectivity index (χ1) is 12.8. The number of benzene rings is 1. The van der Waals surface area contributed by atoms with Crippen molar-refractivity contribution in [3.05, 3.63) is 90.0 Å². The number of aromatic amines is 2. The zero-order valence-corrected chi connectivity index (χ0v) is 14.0. The summed E-state index contributed by atoms with van der Waals surface area (Å²) in [5, 5.41) is 2.24. The highest BCUT2D eigenvalue weighted by Crippen LogP contribution is 2.38. The zero-order chi connectivity index (χ0) is 17.5. The molecule has 5 rings (SSSR count). The summed E-state index contributed by atoms with van der Waals surface area (Å²) < 4.78 is 0. The monoisotopic (exact) mass is 339 g/mol. The van der Waals surface area contributed by atoms with Gasteiger partial charge < -0.3 is 15.7 Å². The fourth-order valence-corrected chi connectivity index (χ4v) is 3.65. The molecule has 0 spiro atoms. The second-order valence-corrected chi connectivity index (χ2v) is 6.39. The van der Waals surface area contributed by atoms with Crippen molar-refractivity contribution in [3.8, 4) is 0 Å². The van der Waals surface area contributed by atoms with E-state index in [1.54, 1.807) is 12.4 Å². The topological polar surface area (TPSA) is 83.4 Å². The first-order valence-corrected chi connectivity index (χ1v) is 8.51. The van der Waals surface area contributed by atoms with Gasteiger partial charge in [-0.15, -0.1) is 0 Å². The molecule has 0 aliphatic rings. The summed E-state index contributed by atoms with van der Waals surface area (Å²) in [6, 6.07) is 16.2. The van der Waals surface area contributed by atoms with Crippen LogP contribution < -0.4 is 5.73 Å². The molecule has 0 aliphatic heterocycles. The molecule has 5 aromatic rings. The Hall–Kier alpha value is -3.60.